The van der Waals surface area contributed by atoms with Crippen molar-refractivity contribution in [1.29, 1.82) is 0 Å². The van der Waals surface area contributed by atoms with E-state index in [1.165, 1.54) is 12.1 Å². The second-order valence-corrected chi connectivity index (χ2v) is 8.45. The van der Waals surface area contributed by atoms with Crippen LogP contribution in [0.3, 0.4) is 0 Å². The molecule has 32 heavy (non-hydrogen) atoms. The lowest BCUT2D eigenvalue weighted by Crippen LogP contribution is -2.50. The van der Waals surface area contributed by atoms with E-state index in [1.807, 2.05) is 0 Å². The van der Waals surface area contributed by atoms with Gasteiger partial charge in [0.15, 0.2) is 5.60 Å². The Hall–Kier alpha value is -3.18. The van der Waals surface area contributed by atoms with Gasteiger partial charge in [-0.15, -0.1) is 6.42 Å². The largest absolute Gasteiger partial charge is 0.495 e. The number of carbonyl (C=O) groups excluding carboxylic acids is 1. The molecule has 166 valence electrons. The third kappa shape index (κ3) is 3.28. The highest BCUT2D eigenvalue weighted by Gasteiger charge is 2.58. The Morgan fingerprint density at radius 3 is 2.56 bits per heavy atom. The zero-order valence-corrected chi connectivity index (χ0v) is 17.7. The highest BCUT2D eigenvalue weighted by molar-refractivity contribution is 5.88. The topological polar surface area (TPSA) is 54.9 Å². The van der Waals surface area contributed by atoms with Crippen LogP contribution in [0.25, 0.3) is 0 Å². The van der Waals surface area contributed by atoms with Crippen molar-refractivity contribution in [3.05, 3.63) is 53.2 Å². The highest BCUT2D eigenvalue weighted by Crippen LogP contribution is 2.48. The summed E-state index contributed by atoms with van der Waals surface area (Å²) in [6.07, 6.45) is 8.99. The van der Waals surface area contributed by atoms with E-state index >= 15 is 0 Å². The molecule has 1 aromatic heterocycles. The number of benzene rings is 1. The van der Waals surface area contributed by atoms with Crippen molar-refractivity contribution >= 4 is 11.7 Å². The first-order chi connectivity index (χ1) is 15.4. The number of halogens is 2. The molecule has 0 bridgehead atoms. The van der Waals surface area contributed by atoms with Crippen LogP contribution < -0.4 is 9.64 Å². The fourth-order valence-corrected chi connectivity index (χ4v) is 5.11. The van der Waals surface area contributed by atoms with E-state index in [2.05, 4.69) is 15.8 Å². The third-order valence-electron chi connectivity index (χ3n) is 6.71. The number of hydrogen-bond acceptors (Lipinski definition) is 5. The summed E-state index contributed by atoms with van der Waals surface area (Å²) < 4.78 is 39.2. The minimum Gasteiger partial charge on any atom is -0.495 e. The number of rotatable bonds is 3. The van der Waals surface area contributed by atoms with Crippen LogP contribution in [0, 0.1) is 24.0 Å². The van der Waals surface area contributed by atoms with E-state index in [4.69, 9.17) is 15.9 Å². The monoisotopic (exact) mass is 439 g/mol. The first kappa shape index (κ1) is 20.7. The number of hydrogen-bond donors (Lipinski definition) is 0. The second-order valence-electron chi connectivity index (χ2n) is 8.45. The van der Waals surface area contributed by atoms with E-state index in [0.29, 0.717) is 55.6 Å². The van der Waals surface area contributed by atoms with E-state index in [1.54, 1.807) is 24.3 Å². The number of pyridine rings is 1. The molecule has 1 spiro atoms. The molecule has 0 aliphatic carbocycles. The zero-order valence-electron chi connectivity index (χ0n) is 17.7. The van der Waals surface area contributed by atoms with Gasteiger partial charge >= 0.3 is 0 Å². The Labute approximate surface area is 185 Å². The molecule has 3 aliphatic heterocycles. The van der Waals surface area contributed by atoms with E-state index in [9.17, 15) is 13.6 Å². The van der Waals surface area contributed by atoms with Crippen LogP contribution in [0.5, 0.6) is 5.75 Å². The van der Waals surface area contributed by atoms with Gasteiger partial charge in [0.05, 0.1) is 18.7 Å². The second kappa shape index (κ2) is 7.75. The standard InChI is InChI=1S/C24H23F2N3O3/c1-3-15-14-27-21(13-20(15)31-2)28-8-6-24(7-9-28)23(30)29-19(4-5-22(29)32-24)16-10-17(25)12-18(26)11-16/h1,10-14,19,22H,4-9H2,2H3/t19-,22+/m0/s1. The molecule has 3 aliphatic rings. The van der Waals surface area contributed by atoms with Crippen LogP contribution in [0.4, 0.5) is 14.6 Å². The smallest absolute Gasteiger partial charge is 0.257 e. The van der Waals surface area contributed by atoms with Crippen molar-refractivity contribution in [3.8, 4) is 18.1 Å². The van der Waals surface area contributed by atoms with Gasteiger partial charge in [0.2, 0.25) is 0 Å². The molecule has 3 saturated heterocycles. The molecule has 5 rings (SSSR count). The summed E-state index contributed by atoms with van der Waals surface area (Å²) in [6, 6.07) is 4.87. The molecule has 4 heterocycles. The number of piperidine rings is 1. The summed E-state index contributed by atoms with van der Waals surface area (Å²) in [5, 5.41) is 0. The molecular formula is C24H23F2N3O3. The summed E-state index contributed by atoms with van der Waals surface area (Å²) in [6.45, 7) is 1.16. The molecular weight excluding hydrogens is 416 g/mol. The van der Waals surface area contributed by atoms with Crippen molar-refractivity contribution < 1.29 is 23.0 Å². The molecule has 1 amide bonds. The lowest BCUT2D eigenvalue weighted by atomic mass is 9.89. The summed E-state index contributed by atoms with van der Waals surface area (Å²) in [5.41, 5.74) is 0.148. The number of fused-ring (bicyclic) bond motifs is 1. The summed E-state index contributed by atoms with van der Waals surface area (Å²) in [4.78, 5) is 21.7. The molecule has 0 N–H and O–H groups in total. The number of nitrogens with zero attached hydrogens (tertiary/aromatic N) is 3. The molecule has 0 radical (unpaired) electrons. The molecule has 2 atom stereocenters. The maximum absolute atomic E-state index is 13.8. The first-order valence-corrected chi connectivity index (χ1v) is 10.7. The summed E-state index contributed by atoms with van der Waals surface area (Å²) in [7, 11) is 1.56. The number of terminal acetylenes is 1. The number of carbonyl (C=O) groups is 1. The molecule has 6 nitrogen and oxygen atoms in total. The fraction of sp³-hybridized carbons (Fsp3) is 0.417. The summed E-state index contributed by atoms with van der Waals surface area (Å²) in [5.74, 6) is 2.48. The minimum atomic E-state index is -0.908. The Morgan fingerprint density at radius 1 is 1.19 bits per heavy atom. The van der Waals surface area contributed by atoms with Gasteiger partial charge in [-0.1, -0.05) is 5.92 Å². The number of ether oxygens (including phenoxy) is 2. The van der Waals surface area contributed by atoms with Gasteiger partial charge < -0.3 is 19.3 Å². The quantitative estimate of drug-likeness (QED) is 0.687. The van der Waals surface area contributed by atoms with Crippen LogP contribution in [-0.4, -0.2) is 47.8 Å². The average Bonchev–Trinajstić information content (AvgIpc) is 3.31. The Balaban J connectivity index is 1.33. The Kier molecular flexibility index (Phi) is 5.01. The van der Waals surface area contributed by atoms with E-state index < -0.39 is 17.2 Å². The SMILES string of the molecule is C#Cc1cnc(N2CCC3(CC2)O[C@@H]2CC[C@@H](c4cc(F)cc(F)c4)N2C3=O)cc1OC. The zero-order chi connectivity index (χ0) is 22.5. The minimum absolute atomic E-state index is 0.0949. The maximum atomic E-state index is 13.8. The van der Waals surface area contributed by atoms with Crippen molar-refractivity contribution in [2.24, 2.45) is 0 Å². The fourth-order valence-electron chi connectivity index (χ4n) is 5.11. The maximum Gasteiger partial charge on any atom is 0.257 e. The molecule has 1 aromatic carbocycles. The lowest BCUT2D eigenvalue weighted by Gasteiger charge is -2.38. The highest BCUT2D eigenvalue weighted by atomic mass is 19.1. The third-order valence-corrected chi connectivity index (χ3v) is 6.71. The van der Waals surface area contributed by atoms with Gasteiger partial charge in [-0.2, -0.15) is 0 Å². The molecule has 8 heteroatoms. The normalized spacial score (nSPS) is 24.0. The summed E-state index contributed by atoms with van der Waals surface area (Å²) >= 11 is 0. The predicted molar refractivity (Wildman–Crippen MR) is 113 cm³/mol. The van der Waals surface area contributed by atoms with Gasteiger partial charge in [-0.05, 0) is 30.5 Å². The van der Waals surface area contributed by atoms with Crippen LogP contribution in [-0.2, 0) is 9.53 Å². The van der Waals surface area contributed by atoms with Gasteiger partial charge in [0.25, 0.3) is 5.91 Å². The number of methoxy groups -OCH3 is 1. The van der Waals surface area contributed by atoms with Crippen molar-refractivity contribution in [3.63, 3.8) is 0 Å². The first-order valence-electron chi connectivity index (χ1n) is 10.7. The van der Waals surface area contributed by atoms with Gasteiger partial charge in [-0.25, -0.2) is 13.8 Å². The van der Waals surface area contributed by atoms with E-state index in [0.717, 1.165) is 11.9 Å². The van der Waals surface area contributed by atoms with Gasteiger partial charge in [-0.3, -0.25) is 4.79 Å². The van der Waals surface area contributed by atoms with Crippen LogP contribution in [0.1, 0.15) is 42.9 Å². The van der Waals surface area contributed by atoms with E-state index in [-0.39, 0.29) is 18.2 Å². The van der Waals surface area contributed by atoms with Crippen LogP contribution >= 0.6 is 0 Å². The number of aromatic nitrogens is 1. The van der Waals surface area contributed by atoms with Gasteiger partial charge in [0.1, 0.15) is 29.4 Å². The van der Waals surface area contributed by atoms with Crippen molar-refractivity contribution in [1.82, 2.24) is 9.88 Å². The van der Waals surface area contributed by atoms with Gasteiger partial charge in [0, 0.05) is 44.3 Å². The number of anilines is 1. The van der Waals surface area contributed by atoms with Crippen molar-refractivity contribution in [2.45, 2.75) is 43.6 Å². The molecule has 0 saturated carbocycles. The molecule has 2 aromatic rings. The Morgan fingerprint density at radius 2 is 1.91 bits per heavy atom. The molecule has 0 unspecified atom stereocenters. The average molecular weight is 439 g/mol. The Bertz CT molecular complexity index is 1090. The predicted octanol–water partition coefficient (Wildman–Crippen LogP) is 3.41. The van der Waals surface area contributed by atoms with Crippen molar-refractivity contribution in [2.75, 3.05) is 25.1 Å². The molecule has 3 fully saturated rings. The number of amides is 1. The van der Waals surface area contributed by atoms with Crippen LogP contribution in [0.2, 0.25) is 0 Å². The lowest BCUT2D eigenvalue weighted by molar-refractivity contribution is -0.140. The van der Waals surface area contributed by atoms with Crippen LogP contribution in [0.15, 0.2) is 30.5 Å².